The Labute approximate surface area is 66.0 Å². The van der Waals surface area contributed by atoms with Gasteiger partial charge in [-0.05, 0) is 12.3 Å². The summed E-state index contributed by atoms with van der Waals surface area (Å²) in [6, 6.07) is 0.0230. The fraction of sp³-hybridized carbons (Fsp3) is 0.857. The maximum absolute atomic E-state index is 10.5. The summed E-state index contributed by atoms with van der Waals surface area (Å²) in [4.78, 5) is 11.9. The molecule has 2 atom stereocenters. The number of hydrogen-bond donors (Lipinski definition) is 2. The van der Waals surface area contributed by atoms with Crippen LogP contribution in [0.5, 0.6) is 0 Å². The lowest BCUT2D eigenvalue weighted by Crippen LogP contribution is -2.48. The maximum Gasteiger partial charge on any atom is 0.407 e. The second kappa shape index (κ2) is 3.09. The highest BCUT2D eigenvalue weighted by molar-refractivity contribution is 5.65. The quantitative estimate of drug-likeness (QED) is 0.534. The molecule has 0 spiro atoms. The van der Waals surface area contributed by atoms with E-state index in [1.54, 1.807) is 0 Å². The lowest BCUT2D eigenvalue weighted by Gasteiger charge is -2.32. The highest BCUT2D eigenvalue weighted by atomic mass is 16.4. The molecule has 1 heterocycles. The van der Waals surface area contributed by atoms with E-state index in [1.807, 2.05) is 6.92 Å². The van der Waals surface area contributed by atoms with Crippen LogP contribution in [-0.4, -0.2) is 35.2 Å². The highest BCUT2D eigenvalue weighted by Gasteiger charge is 2.24. The summed E-state index contributed by atoms with van der Waals surface area (Å²) in [5, 5.41) is 8.64. The van der Waals surface area contributed by atoms with E-state index in [0.29, 0.717) is 19.0 Å². The molecule has 1 aliphatic rings. The molecule has 1 saturated heterocycles. The molecular formula is C7H14N2O2. The average Bonchev–Trinajstić information content (AvgIpc) is 1.85. The molecule has 64 valence electrons. The van der Waals surface area contributed by atoms with Gasteiger partial charge in [-0.3, -0.25) is 0 Å². The zero-order valence-corrected chi connectivity index (χ0v) is 6.66. The van der Waals surface area contributed by atoms with Gasteiger partial charge in [0.1, 0.15) is 0 Å². The minimum absolute atomic E-state index is 0.0230. The van der Waals surface area contributed by atoms with Crippen molar-refractivity contribution in [1.29, 1.82) is 0 Å². The van der Waals surface area contributed by atoms with Crippen molar-refractivity contribution in [3.8, 4) is 0 Å². The second-order valence-electron chi connectivity index (χ2n) is 3.29. The van der Waals surface area contributed by atoms with Crippen molar-refractivity contribution in [2.24, 2.45) is 11.7 Å². The molecule has 0 bridgehead atoms. The van der Waals surface area contributed by atoms with Crippen LogP contribution in [0.3, 0.4) is 0 Å². The molecular weight excluding hydrogens is 144 g/mol. The van der Waals surface area contributed by atoms with Gasteiger partial charge >= 0.3 is 6.09 Å². The molecule has 3 N–H and O–H groups in total. The molecule has 0 aromatic heterocycles. The van der Waals surface area contributed by atoms with Crippen molar-refractivity contribution in [3.05, 3.63) is 0 Å². The summed E-state index contributed by atoms with van der Waals surface area (Å²) < 4.78 is 0. The smallest absolute Gasteiger partial charge is 0.407 e. The molecule has 11 heavy (non-hydrogen) atoms. The zero-order valence-electron chi connectivity index (χ0n) is 6.66. The predicted molar refractivity (Wildman–Crippen MR) is 41.4 cm³/mol. The highest BCUT2D eigenvalue weighted by Crippen LogP contribution is 2.14. The first-order valence-corrected chi connectivity index (χ1v) is 3.83. The Kier molecular flexibility index (Phi) is 2.34. The van der Waals surface area contributed by atoms with E-state index in [1.165, 1.54) is 4.90 Å². The van der Waals surface area contributed by atoms with E-state index in [9.17, 15) is 4.79 Å². The third kappa shape index (κ3) is 2.08. The standard InChI is InChI=1S/C7H14N2O2/c1-5-2-6(8)4-9(3-5)7(10)11/h5-6H,2-4,8H2,1H3,(H,10,11)/t5-,6+/m0/s1. The molecule has 0 saturated carbocycles. The molecule has 1 aliphatic heterocycles. The third-order valence-electron chi connectivity index (χ3n) is 1.96. The predicted octanol–water partition coefficient (Wildman–Crippen LogP) is 0.334. The van der Waals surface area contributed by atoms with Crippen molar-refractivity contribution >= 4 is 6.09 Å². The number of nitrogens with zero attached hydrogens (tertiary/aromatic N) is 1. The van der Waals surface area contributed by atoms with Gasteiger partial charge in [0.25, 0.3) is 0 Å². The monoisotopic (exact) mass is 158 g/mol. The summed E-state index contributed by atoms with van der Waals surface area (Å²) in [5.74, 6) is 0.398. The largest absolute Gasteiger partial charge is 0.465 e. The Balaban J connectivity index is 2.49. The number of carbonyl (C=O) groups is 1. The Morgan fingerprint density at radius 1 is 1.64 bits per heavy atom. The summed E-state index contributed by atoms with van der Waals surface area (Å²) in [6.45, 7) is 3.14. The topological polar surface area (TPSA) is 66.6 Å². The first kappa shape index (κ1) is 8.33. The number of nitrogens with two attached hydrogens (primary N) is 1. The Morgan fingerprint density at radius 3 is 2.73 bits per heavy atom. The van der Waals surface area contributed by atoms with E-state index in [0.717, 1.165) is 6.42 Å². The third-order valence-corrected chi connectivity index (χ3v) is 1.96. The van der Waals surface area contributed by atoms with Crippen LogP contribution >= 0.6 is 0 Å². The molecule has 0 aromatic rings. The van der Waals surface area contributed by atoms with Crippen LogP contribution in [0, 0.1) is 5.92 Å². The fourth-order valence-corrected chi connectivity index (χ4v) is 1.56. The van der Waals surface area contributed by atoms with Crippen molar-refractivity contribution in [2.45, 2.75) is 19.4 Å². The molecule has 1 fully saturated rings. The average molecular weight is 158 g/mol. The molecule has 0 radical (unpaired) electrons. The SMILES string of the molecule is C[C@H]1C[C@@H](N)CN(C(=O)O)C1. The van der Waals surface area contributed by atoms with Gasteiger partial charge in [0.2, 0.25) is 0 Å². The van der Waals surface area contributed by atoms with Crippen molar-refractivity contribution in [3.63, 3.8) is 0 Å². The molecule has 4 heteroatoms. The van der Waals surface area contributed by atoms with Gasteiger partial charge in [-0.2, -0.15) is 0 Å². The Bertz CT molecular complexity index is 151. The van der Waals surface area contributed by atoms with Crippen LogP contribution in [0.2, 0.25) is 0 Å². The summed E-state index contributed by atoms with van der Waals surface area (Å²) in [6.07, 6.45) is 0.0797. The van der Waals surface area contributed by atoms with E-state index >= 15 is 0 Å². The van der Waals surface area contributed by atoms with Crippen LogP contribution < -0.4 is 5.73 Å². The van der Waals surface area contributed by atoms with Crippen molar-refractivity contribution in [2.75, 3.05) is 13.1 Å². The summed E-state index contributed by atoms with van der Waals surface area (Å²) >= 11 is 0. The zero-order chi connectivity index (χ0) is 8.43. The van der Waals surface area contributed by atoms with Gasteiger partial charge < -0.3 is 15.7 Å². The van der Waals surface area contributed by atoms with Gasteiger partial charge in [0.05, 0.1) is 0 Å². The maximum atomic E-state index is 10.5. The molecule has 1 amide bonds. The van der Waals surface area contributed by atoms with Gasteiger partial charge in [0, 0.05) is 19.1 Å². The molecule has 0 aliphatic carbocycles. The van der Waals surface area contributed by atoms with Crippen LogP contribution in [-0.2, 0) is 0 Å². The normalized spacial score (nSPS) is 32.0. The first-order chi connectivity index (χ1) is 5.09. The minimum Gasteiger partial charge on any atom is -0.465 e. The van der Waals surface area contributed by atoms with Crippen LogP contribution in [0.15, 0.2) is 0 Å². The Morgan fingerprint density at radius 2 is 2.27 bits per heavy atom. The van der Waals surface area contributed by atoms with E-state index < -0.39 is 6.09 Å². The van der Waals surface area contributed by atoms with Crippen LogP contribution in [0.25, 0.3) is 0 Å². The number of likely N-dealkylation sites (tertiary alicyclic amines) is 1. The Hall–Kier alpha value is -0.770. The van der Waals surface area contributed by atoms with Crippen molar-refractivity contribution < 1.29 is 9.90 Å². The van der Waals surface area contributed by atoms with Crippen molar-refractivity contribution in [1.82, 2.24) is 4.90 Å². The number of rotatable bonds is 0. The van der Waals surface area contributed by atoms with Gasteiger partial charge in [0.15, 0.2) is 0 Å². The second-order valence-corrected chi connectivity index (χ2v) is 3.29. The van der Waals surface area contributed by atoms with Crippen LogP contribution in [0.1, 0.15) is 13.3 Å². The van der Waals surface area contributed by atoms with Gasteiger partial charge in [-0.25, -0.2) is 4.79 Å². The number of hydrogen-bond acceptors (Lipinski definition) is 2. The molecule has 0 unspecified atom stereocenters. The molecule has 0 aromatic carbocycles. The minimum atomic E-state index is -0.855. The van der Waals surface area contributed by atoms with Gasteiger partial charge in [-0.15, -0.1) is 0 Å². The molecule has 4 nitrogen and oxygen atoms in total. The first-order valence-electron chi connectivity index (χ1n) is 3.83. The summed E-state index contributed by atoms with van der Waals surface area (Å²) in [7, 11) is 0. The lowest BCUT2D eigenvalue weighted by atomic mass is 9.97. The van der Waals surface area contributed by atoms with E-state index in [-0.39, 0.29) is 6.04 Å². The summed E-state index contributed by atoms with van der Waals surface area (Å²) in [5.41, 5.74) is 5.65. The number of piperidine rings is 1. The number of amides is 1. The van der Waals surface area contributed by atoms with Gasteiger partial charge in [-0.1, -0.05) is 6.92 Å². The van der Waals surface area contributed by atoms with Crippen LogP contribution in [0.4, 0.5) is 4.79 Å². The van der Waals surface area contributed by atoms with E-state index in [2.05, 4.69) is 0 Å². The van der Waals surface area contributed by atoms with E-state index in [4.69, 9.17) is 10.8 Å². The molecule has 1 rings (SSSR count). The fourth-order valence-electron chi connectivity index (χ4n) is 1.56. The number of carboxylic acid groups (broad SMARTS) is 1. The lowest BCUT2D eigenvalue weighted by molar-refractivity contribution is 0.116.